The molecule has 0 aromatic carbocycles. The van der Waals surface area contributed by atoms with Crippen molar-refractivity contribution in [3.63, 3.8) is 0 Å². The largest absolute Gasteiger partial charge is 0.311 e. The average Bonchev–Trinajstić information content (AvgIpc) is 2.77. The Morgan fingerprint density at radius 2 is 1.95 bits per heavy atom. The molecule has 112 valence electrons. The van der Waals surface area contributed by atoms with Gasteiger partial charge in [-0.2, -0.15) is 4.31 Å². The zero-order valence-corrected chi connectivity index (χ0v) is 13.0. The van der Waals surface area contributed by atoms with E-state index in [4.69, 9.17) is 0 Å². The van der Waals surface area contributed by atoms with Gasteiger partial charge in [0.05, 0.1) is 0 Å². The van der Waals surface area contributed by atoms with Gasteiger partial charge in [-0.05, 0) is 37.8 Å². The van der Waals surface area contributed by atoms with Crippen LogP contribution in [0, 0.1) is 0 Å². The highest BCUT2D eigenvalue weighted by Crippen LogP contribution is 2.31. The van der Waals surface area contributed by atoms with E-state index in [1.807, 2.05) is 0 Å². The van der Waals surface area contributed by atoms with E-state index >= 15 is 0 Å². The Hall–Kier alpha value is -0.690. The monoisotopic (exact) mass is 317 g/mol. The standard InChI is InChI=1S/C13H19N3O2S.ClH/c1-16(12-7-10-4-5-11(8-12)15-10)19(17,18)13-3-2-6-14-9-13;/h2-3,6,9-12,15H,4-5,7-8H2,1H3;1H. The molecule has 3 heterocycles. The maximum Gasteiger partial charge on any atom is 0.244 e. The third kappa shape index (κ3) is 2.83. The summed E-state index contributed by atoms with van der Waals surface area (Å²) >= 11 is 0. The minimum Gasteiger partial charge on any atom is -0.311 e. The maximum absolute atomic E-state index is 12.5. The van der Waals surface area contributed by atoms with E-state index in [-0.39, 0.29) is 23.3 Å². The number of hydrogen-bond acceptors (Lipinski definition) is 4. The van der Waals surface area contributed by atoms with Gasteiger partial charge >= 0.3 is 0 Å². The zero-order valence-electron chi connectivity index (χ0n) is 11.4. The van der Waals surface area contributed by atoms with Crippen molar-refractivity contribution in [1.82, 2.24) is 14.6 Å². The average molecular weight is 318 g/mol. The van der Waals surface area contributed by atoms with E-state index in [1.54, 1.807) is 25.4 Å². The van der Waals surface area contributed by atoms with Crippen molar-refractivity contribution >= 4 is 22.4 Å². The Morgan fingerprint density at radius 1 is 1.30 bits per heavy atom. The summed E-state index contributed by atoms with van der Waals surface area (Å²) in [5.74, 6) is 0. The van der Waals surface area contributed by atoms with Crippen molar-refractivity contribution in [3.8, 4) is 0 Å². The van der Waals surface area contributed by atoms with Crippen molar-refractivity contribution in [2.75, 3.05) is 7.05 Å². The Kier molecular flexibility index (Phi) is 4.69. The summed E-state index contributed by atoms with van der Waals surface area (Å²) in [7, 11) is -1.72. The molecule has 0 amide bonds. The molecule has 5 nitrogen and oxygen atoms in total. The first kappa shape index (κ1) is 15.7. The van der Waals surface area contributed by atoms with Crippen LogP contribution in [0.4, 0.5) is 0 Å². The predicted molar refractivity (Wildman–Crippen MR) is 79.4 cm³/mol. The molecule has 1 aromatic heterocycles. The van der Waals surface area contributed by atoms with Crippen LogP contribution in [-0.2, 0) is 10.0 Å². The normalized spacial score (nSPS) is 29.2. The molecule has 0 aliphatic carbocycles. The van der Waals surface area contributed by atoms with Gasteiger partial charge in [0.15, 0.2) is 0 Å². The van der Waals surface area contributed by atoms with Crippen LogP contribution in [0.1, 0.15) is 25.7 Å². The number of pyridine rings is 1. The Labute approximate surface area is 126 Å². The van der Waals surface area contributed by atoms with Crippen LogP contribution >= 0.6 is 12.4 Å². The first-order valence-corrected chi connectivity index (χ1v) is 8.15. The predicted octanol–water partition coefficient (Wildman–Crippen LogP) is 1.41. The molecule has 3 rings (SSSR count). The molecule has 2 atom stereocenters. The SMILES string of the molecule is CN(C1CC2CCC(C1)N2)S(=O)(=O)c1cccnc1.Cl. The molecule has 0 spiro atoms. The second-order valence-corrected chi connectivity index (χ2v) is 7.47. The summed E-state index contributed by atoms with van der Waals surface area (Å²) in [6, 6.07) is 4.33. The summed E-state index contributed by atoms with van der Waals surface area (Å²) in [6.45, 7) is 0. The number of piperidine rings is 1. The van der Waals surface area contributed by atoms with E-state index in [9.17, 15) is 8.42 Å². The molecule has 2 fully saturated rings. The van der Waals surface area contributed by atoms with Crippen molar-refractivity contribution in [1.29, 1.82) is 0 Å². The topological polar surface area (TPSA) is 62.3 Å². The lowest BCUT2D eigenvalue weighted by Crippen LogP contribution is -2.48. The van der Waals surface area contributed by atoms with Crippen molar-refractivity contribution in [2.45, 2.75) is 48.7 Å². The highest BCUT2D eigenvalue weighted by molar-refractivity contribution is 7.89. The van der Waals surface area contributed by atoms with Gasteiger partial charge in [-0.25, -0.2) is 8.42 Å². The van der Waals surface area contributed by atoms with E-state index in [0.29, 0.717) is 12.1 Å². The minimum absolute atomic E-state index is 0. The summed E-state index contributed by atoms with van der Waals surface area (Å²) in [5.41, 5.74) is 0. The molecule has 7 heteroatoms. The van der Waals surface area contributed by atoms with Gasteiger partial charge in [0, 0.05) is 37.6 Å². The molecule has 1 N–H and O–H groups in total. The Bertz CT molecular complexity index is 540. The number of nitrogens with one attached hydrogen (secondary N) is 1. The minimum atomic E-state index is -3.41. The van der Waals surface area contributed by atoms with Gasteiger partial charge in [0.25, 0.3) is 0 Å². The number of hydrogen-bond donors (Lipinski definition) is 1. The summed E-state index contributed by atoms with van der Waals surface area (Å²) < 4.78 is 26.6. The van der Waals surface area contributed by atoms with E-state index < -0.39 is 10.0 Å². The number of aromatic nitrogens is 1. The van der Waals surface area contributed by atoms with Gasteiger partial charge in [-0.15, -0.1) is 12.4 Å². The summed E-state index contributed by atoms with van der Waals surface area (Å²) in [6.07, 6.45) is 7.16. The smallest absolute Gasteiger partial charge is 0.244 e. The van der Waals surface area contributed by atoms with E-state index in [1.165, 1.54) is 23.3 Å². The highest BCUT2D eigenvalue weighted by atomic mass is 35.5. The Balaban J connectivity index is 0.00000147. The molecule has 0 radical (unpaired) electrons. The van der Waals surface area contributed by atoms with Crippen LogP contribution < -0.4 is 5.32 Å². The van der Waals surface area contributed by atoms with Crippen LogP contribution in [0.15, 0.2) is 29.4 Å². The third-order valence-corrected chi connectivity index (χ3v) is 6.17. The van der Waals surface area contributed by atoms with Crippen LogP contribution in [0.25, 0.3) is 0 Å². The van der Waals surface area contributed by atoms with E-state index in [0.717, 1.165) is 12.8 Å². The van der Waals surface area contributed by atoms with Gasteiger partial charge in [0.1, 0.15) is 4.90 Å². The second-order valence-electron chi connectivity index (χ2n) is 5.47. The first-order valence-electron chi connectivity index (χ1n) is 6.71. The highest BCUT2D eigenvalue weighted by Gasteiger charge is 2.38. The molecular weight excluding hydrogens is 298 g/mol. The second kappa shape index (κ2) is 5.97. The third-order valence-electron chi connectivity index (χ3n) is 4.27. The lowest BCUT2D eigenvalue weighted by atomic mass is 10.0. The lowest BCUT2D eigenvalue weighted by molar-refractivity contribution is 0.251. The molecule has 2 saturated heterocycles. The summed E-state index contributed by atoms with van der Waals surface area (Å²) in [5, 5.41) is 3.53. The number of sulfonamides is 1. The van der Waals surface area contributed by atoms with Gasteiger partial charge in [-0.3, -0.25) is 4.98 Å². The molecule has 2 aliphatic rings. The molecule has 1 aromatic rings. The van der Waals surface area contributed by atoms with Gasteiger partial charge in [0.2, 0.25) is 10.0 Å². The van der Waals surface area contributed by atoms with Gasteiger partial charge in [-0.1, -0.05) is 0 Å². The fraction of sp³-hybridized carbons (Fsp3) is 0.615. The zero-order chi connectivity index (χ0) is 13.5. The van der Waals surface area contributed by atoms with Crippen LogP contribution in [0.3, 0.4) is 0 Å². The quantitative estimate of drug-likeness (QED) is 0.915. The van der Waals surface area contributed by atoms with E-state index in [2.05, 4.69) is 10.3 Å². The molecule has 0 saturated carbocycles. The van der Waals surface area contributed by atoms with Crippen molar-refractivity contribution < 1.29 is 8.42 Å². The summed E-state index contributed by atoms with van der Waals surface area (Å²) in [4.78, 5) is 4.18. The molecule has 2 aliphatic heterocycles. The van der Waals surface area contributed by atoms with Gasteiger partial charge < -0.3 is 5.32 Å². The number of halogens is 1. The lowest BCUT2D eigenvalue weighted by Gasteiger charge is -2.34. The Morgan fingerprint density at radius 3 is 2.50 bits per heavy atom. The van der Waals surface area contributed by atoms with Crippen molar-refractivity contribution in [2.24, 2.45) is 0 Å². The fourth-order valence-corrected chi connectivity index (χ4v) is 4.53. The number of nitrogens with zero attached hydrogens (tertiary/aromatic N) is 2. The first-order chi connectivity index (χ1) is 9.07. The molecule has 2 bridgehead atoms. The maximum atomic E-state index is 12.5. The number of rotatable bonds is 3. The number of fused-ring (bicyclic) bond motifs is 2. The van der Waals surface area contributed by atoms with Crippen LogP contribution in [0.2, 0.25) is 0 Å². The fourth-order valence-electron chi connectivity index (χ4n) is 3.19. The van der Waals surface area contributed by atoms with Crippen molar-refractivity contribution in [3.05, 3.63) is 24.5 Å². The van der Waals surface area contributed by atoms with Crippen LogP contribution in [-0.4, -0.2) is 42.9 Å². The van der Waals surface area contributed by atoms with Crippen LogP contribution in [0.5, 0.6) is 0 Å². The molecule has 20 heavy (non-hydrogen) atoms. The molecule has 2 unspecified atom stereocenters. The molecular formula is C13H20ClN3O2S.